The molecule has 0 atom stereocenters. The van der Waals surface area contributed by atoms with E-state index in [2.05, 4.69) is 44.7 Å². The van der Waals surface area contributed by atoms with Gasteiger partial charge in [0.25, 0.3) is 0 Å². The summed E-state index contributed by atoms with van der Waals surface area (Å²) in [5.74, 6) is 1.51. The highest BCUT2D eigenvalue weighted by Gasteiger charge is 2.17. The molecule has 1 rings (SSSR count). The second-order valence-corrected chi connectivity index (χ2v) is 5.91. The maximum atomic E-state index is 5.95. The predicted octanol–water partition coefficient (Wildman–Crippen LogP) is 3.92. The molecule has 20 heavy (non-hydrogen) atoms. The molecule has 0 fully saturated rings. The molecule has 3 heteroatoms. The Labute approximate surface area is 124 Å². The van der Waals surface area contributed by atoms with Crippen molar-refractivity contribution >= 4 is 5.69 Å². The standard InChI is InChI=1S/C17H30N2O/c1-6-16(7-2)19(11-13(3)4)12-14-8-15(18)10-17(9-14)20-5/h8-10,13,16H,6-7,11-12,18H2,1-5H3. The Kier molecular flexibility index (Phi) is 6.86. The van der Waals surface area contributed by atoms with Crippen molar-refractivity contribution < 1.29 is 4.74 Å². The minimum absolute atomic E-state index is 0.629. The van der Waals surface area contributed by atoms with Gasteiger partial charge in [0, 0.05) is 30.9 Å². The van der Waals surface area contributed by atoms with Gasteiger partial charge in [-0.3, -0.25) is 4.90 Å². The van der Waals surface area contributed by atoms with E-state index in [1.54, 1.807) is 7.11 Å². The number of hydrogen-bond acceptors (Lipinski definition) is 3. The summed E-state index contributed by atoms with van der Waals surface area (Å²) in [5.41, 5.74) is 7.96. The van der Waals surface area contributed by atoms with Crippen molar-refractivity contribution in [1.82, 2.24) is 4.90 Å². The molecule has 2 N–H and O–H groups in total. The van der Waals surface area contributed by atoms with Crippen molar-refractivity contribution in [2.24, 2.45) is 5.92 Å². The summed E-state index contributed by atoms with van der Waals surface area (Å²) in [6.45, 7) is 11.1. The van der Waals surface area contributed by atoms with Gasteiger partial charge in [-0.15, -0.1) is 0 Å². The lowest BCUT2D eigenvalue weighted by atomic mass is 10.1. The first-order valence-corrected chi connectivity index (χ1v) is 7.67. The molecule has 0 saturated heterocycles. The topological polar surface area (TPSA) is 38.5 Å². The lowest BCUT2D eigenvalue weighted by Gasteiger charge is -2.32. The van der Waals surface area contributed by atoms with Gasteiger partial charge in [-0.25, -0.2) is 0 Å². The molecule has 0 aromatic heterocycles. The van der Waals surface area contributed by atoms with Gasteiger partial charge in [0.2, 0.25) is 0 Å². The van der Waals surface area contributed by atoms with E-state index in [4.69, 9.17) is 10.5 Å². The third-order valence-electron chi connectivity index (χ3n) is 3.67. The fourth-order valence-electron chi connectivity index (χ4n) is 2.75. The van der Waals surface area contributed by atoms with Gasteiger partial charge in [0.1, 0.15) is 5.75 Å². The van der Waals surface area contributed by atoms with E-state index in [0.29, 0.717) is 12.0 Å². The number of ether oxygens (including phenoxy) is 1. The van der Waals surface area contributed by atoms with E-state index in [9.17, 15) is 0 Å². The largest absolute Gasteiger partial charge is 0.497 e. The number of nitrogens with zero attached hydrogens (tertiary/aromatic N) is 1. The summed E-state index contributed by atoms with van der Waals surface area (Å²) in [6, 6.07) is 6.64. The molecular weight excluding hydrogens is 248 g/mol. The molecule has 0 spiro atoms. The summed E-state index contributed by atoms with van der Waals surface area (Å²) in [6.07, 6.45) is 2.37. The quantitative estimate of drug-likeness (QED) is 0.732. The molecule has 0 radical (unpaired) electrons. The Balaban J connectivity index is 2.90. The molecule has 0 amide bonds. The first-order chi connectivity index (χ1) is 9.49. The zero-order valence-electron chi connectivity index (χ0n) is 13.6. The summed E-state index contributed by atoms with van der Waals surface area (Å²) < 4.78 is 5.31. The molecule has 0 saturated carbocycles. The highest BCUT2D eigenvalue weighted by Crippen LogP contribution is 2.22. The fourth-order valence-corrected chi connectivity index (χ4v) is 2.75. The number of nitrogens with two attached hydrogens (primary N) is 1. The van der Waals surface area contributed by atoms with Crippen LogP contribution in [0.1, 0.15) is 46.1 Å². The van der Waals surface area contributed by atoms with Crippen LogP contribution in [-0.4, -0.2) is 24.6 Å². The number of nitrogen functional groups attached to an aromatic ring is 1. The van der Waals surface area contributed by atoms with Crippen LogP contribution in [0.5, 0.6) is 5.75 Å². The Morgan fingerprint density at radius 3 is 2.30 bits per heavy atom. The number of benzene rings is 1. The van der Waals surface area contributed by atoms with Crippen LogP contribution in [-0.2, 0) is 6.54 Å². The van der Waals surface area contributed by atoms with E-state index in [0.717, 1.165) is 24.5 Å². The fraction of sp³-hybridized carbons (Fsp3) is 0.647. The van der Waals surface area contributed by atoms with Crippen LogP contribution in [0.3, 0.4) is 0 Å². The third-order valence-corrected chi connectivity index (χ3v) is 3.67. The average Bonchev–Trinajstić information content (AvgIpc) is 2.38. The third kappa shape index (κ3) is 5.04. The van der Waals surface area contributed by atoms with E-state index < -0.39 is 0 Å². The van der Waals surface area contributed by atoms with Crippen molar-refractivity contribution in [3.8, 4) is 5.75 Å². The Morgan fingerprint density at radius 1 is 1.15 bits per heavy atom. The molecule has 0 aliphatic heterocycles. The minimum atomic E-state index is 0.629. The van der Waals surface area contributed by atoms with E-state index in [-0.39, 0.29) is 0 Å². The van der Waals surface area contributed by atoms with Crippen LogP contribution in [0.25, 0.3) is 0 Å². The first-order valence-electron chi connectivity index (χ1n) is 7.67. The van der Waals surface area contributed by atoms with Gasteiger partial charge in [-0.05, 0) is 36.5 Å². The van der Waals surface area contributed by atoms with Crippen LogP contribution in [0.2, 0.25) is 0 Å². The number of hydrogen-bond donors (Lipinski definition) is 1. The van der Waals surface area contributed by atoms with Crippen LogP contribution >= 0.6 is 0 Å². The highest BCUT2D eigenvalue weighted by atomic mass is 16.5. The van der Waals surface area contributed by atoms with Crippen molar-refractivity contribution in [2.45, 2.75) is 53.1 Å². The molecule has 0 aliphatic carbocycles. The molecule has 1 aromatic carbocycles. The second-order valence-electron chi connectivity index (χ2n) is 5.91. The molecule has 3 nitrogen and oxygen atoms in total. The summed E-state index contributed by atoms with van der Waals surface area (Å²) in [4.78, 5) is 2.57. The number of anilines is 1. The van der Waals surface area contributed by atoms with Gasteiger partial charge in [-0.1, -0.05) is 27.7 Å². The second kappa shape index (κ2) is 8.15. The maximum Gasteiger partial charge on any atom is 0.121 e. The predicted molar refractivity (Wildman–Crippen MR) is 87.0 cm³/mol. The molecule has 0 unspecified atom stereocenters. The zero-order chi connectivity index (χ0) is 15.1. The van der Waals surface area contributed by atoms with Crippen LogP contribution in [0.4, 0.5) is 5.69 Å². The number of methoxy groups -OCH3 is 1. The van der Waals surface area contributed by atoms with Gasteiger partial charge >= 0.3 is 0 Å². The normalized spacial score (nSPS) is 11.6. The summed E-state index contributed by atoms with van der Waals surface area (Å²) in [5, 5.41) is 0. The molecular formula is C17H30N2O. The zero-order valence-corrected chi connectivity index (χ0v) is 13.6. The van der Waals surface area contributed by atoms with E-state index >= 15 is 0 Å². The van der Waals surface area contributed by atoms with Crippen molar-refractivity contribution in [2.75, 3.05) is 19.4 Å². The summed E-state index contributed by atoms with van der Waals surface area (Å²) in [7, 11) is 1.69. The van der Waals surface area contributed by atoms with Crippen molar-refractivity contribution in [1.29, 1.82) is 0 Å². The van der Waals surface area contributed by atoms with Gasteiger partial charge < -0.3 is 10.5 Å². The van der Waals surface area contributed by atoms with Gasteiger partial charge in [0.05, 0.1) is 7.11 Å². The maximum absolute atomic E-state index is 5.95. The first kappa shape index (κ1) is 16.8. The average molecular weight is 278 g/mol. The van der Waals surface area contributed by atoms with Crippen LogP contribution in [0, 0.1) is 5.92 Å². The molecule has 0 bridgehead atoms. The van der Waals surface area contributed by atoms with Crippen LogP contribution < -0.4 is 10.5 Å². The SMILES string of the molecule is CCC(CC)N(Cc1cc(N)cc(OC)c1)CC(C)C. The Hall–Kier alpha value is -1.22. The Morgan fingerprint density at radius 2 is 1.80 bits per heavy atom. The molecule has 1 aromatic rings. The van der Waals surface area contributed by atoms with Crippen LogP contribution in [0.15, 0.2) is 18.2 Å². The smallest absolute Gasteiger partial charge is 0.121 e. The van der Waals surface area contributed by atoms with E-state index in [1.165, 1.54) is 18.4 Å². The molecule has 0 aliphatic rings. The minimum Gasteiger partial charge on any atom is -0.497 e. The highest BCUT2D eigenvalue weighted by molar-refractivity contribution is 5.47. The lowest BCUT2D eigenvalue weighted by molar-refractivity contribution is 0.157. The Bertz CT molecular complexity index is 400. The van der Waals surface area contributed by atoms with Gasteiger partial charge in [0.15, 0.2) is 0 Å². The summed E-state index contributed by atoms with van der Waals surface area (Å²) >= 11 is 0. The number of rotatable bonds is 8. The molecule has 114 valence electrons. The monoisotopic (exact) mass is 278 g/mol. The van der Waals surface area contributed by atoms with Crippen molar-refractivity contribution in [3.05, 3.63) is 23.8 Å². The van der Waals surface area contributed by atoms with Gasteiger partial charge in [-0.2, -0.15) is 0 Å². The van der Waals surface area contributed by atoms with Crippen molar-refractivity contribution in [3.63, 3.8) is 0 Å². The molecule has 0 heterocycles. The van der Waals surface area contributed by atoms with E-state index in [1.807, 2.05) is 6.07 Å². The lowest BCUT2D eigenvalue weighted by Crippen LogP contribution is -2.36.